The zero-order valence-corrected chi connectivity index (χ0v) is 20.2. The molecule has 1 N–H and O–H groups in total. The van der Waals surface area contributed by atoms with Crippen molar-refractivity contribution in [3.05, 3.63) is 0 Å². The maximum absolute atomic E-state index is 12.3. The molecule has 1 heterocycles. The molecule has 6 nitrogen and oxygen atoms in total. The lowest BCUT2D eigenvalue weighted by atomic mass is 10.1. The monoisotopic (exact) mass is 506 g/mol. The van der Waals surface area contributed by atoms with Crippen molar-refractivity contribution < 1.29 is 8.42 Å². The van der Waals surface area contributed by atoms with Crippen LogP contribution in [0.1, 0.15) is 34.6 Å². The Morgan fingerprint density at radius 3 is 2.48 bits per heavy atom. The summed E-state index contributed by atoms with van der Waals surface area (Å²) < 4.78 is 26.0. The molecular formula is C16H35IN4O2S2. The van der Waals surface area contributed by atoms with Gasteiger partial charge in [0.05, 0.1) is 12.3 Å². The van der Waals surface area contributed by atoms with Gasteiger partial charge >= 0.3 is 0 Å². The van der Waals surface area contributed by atoms with Crippen LogP contribution in [0.3, 0.4) is 0 Å². The predicted octanol–water partition coefficient (Wildman–Crippen LogP) is 2.31. The van der Waals surface area contributed by atoms with Gasteiger partial charge in [-0.05, 0) is 12.8 Å². The smallest absolute Gasteiger partial charge is 0.215 e. The van der Waals surface area contributed by atoms with Gasteiger partial charge in [0.25, 0.3) is 0 Å². The SMILES string of the molecule is CCNC(=NCCS(=O)(=O)N(CC)CC)N1CCSC(C(C)C)C1.I. The first-order valence-corrected chi connectivity index (χ1v) is 11.6. The van der Waals surface area contributed by atoms with Gasteiger partial charge in [0.15, 0.2) is 5.96 Å². The number of rotatable bonds is 8. The fourth-order valence-corrected chi connectivity index (χ4v) is 5.38. The van der Waals surface area contributed by atoms with Crippen molar-refractivity contribution in [2.24, 2.45) is 10.9 Å². The second kappa shape index (κ2) is 12.6. The van der Waals surface area contributed by atoms with Crippen molar-refractivity contribution >= 4 is 51.7 Å². The highest BCUT2D eigenvalue weighted by molar-refractivity contribution is 14.0. The van der Waals surface area contributed by atoms with Crippen LogP contribution in [0.4, 0.5) is 0 Å². The Morgan fingerprint density at radius 1 is 1.32 bits per heavy atom. The first kappa shape index (κ1) is 25.3. The first-order valence-electron chi connectivity index (χ1n) is 8.98. The summed E-state index contributed by atoms with van der Waals surface area (Å²) in [4.78, 5) is 6.86. The van der Waals surface area contributed by atoms with Crippen LogP contribution in [-0.2, 0) is 10.0 Å². The maximum Gasteiger partial charge on any atom is 0.215 e. The van der Waals surface area contributed by atoms with E-state index in [-0.39, 0.29) is 29.7 Å². The lowest BCUT2D eigenvalue weighted by Gasteiger charge is -2.36. The molecule has 0 amide bonds. The highest BCUT2D eigenvalue weighted by Gasteiger charge is 2.25. The van der Waals surface area contributed by atoms with Gasteiger partial charge in [0.1, 0.15) is 0 Å². The Kier molecular flexibility index (Phi) is 12.7. The van der Waals surface area contributed by atoms with Crippen molar-refractivity contribution in [3.8, 4) is 0 Å². The maximum atomic E-state index is 12.3. The Balaban J connectivity index is 0.00000576. The van der Waals surface area contributed by atoms with Crippen LogP contribution >= 0.6 is 35.7 Å². The summed E-state index contributed by atoms with van der Waals surface area (Å²) in [5, 5.41) is 3.91. The number of guanidine groups is 1. The molecule has 1 aliphatic rings. The molecule has 1 saturated heterocycles. The van der Waals surface area contributed by atoms with E-state index >= 15 is 0 Å². The van der Waals surface area contributed by atoms with E-state index in [4.69, 9.17) is 0 Å². The van der Waals surface area contributed by atoms with E-state index in [1.807, 2.05) is 32.5 Å². The molecule has 0 aromatic rings. The third-order valence-corrected chi connectivity index (χ3v) is 7.72. The number of thioether (sulfide) groups is 1. The predicted molar refractivity (Wildman–Crippen MR) is 121 cm³/mol. The molecule has 0 aromatic carbocycles. The second-order valence-corrected chi connectivity index (χ2v) is 9.67. The van der Waals surface area contributed by atoms with E-state index in [1.54, 1.807) is 0 Å². The molecule has 0 spiro atoms. The van der Waals surface area contributed by atoms with E-state index in [2.05, 4.69) is 29.1 Å². The van der Waals surface area contributed by atoms with Gasteiger partial charge in [0, 0.05) is 43.7 Å². The van der Waals surface area contributed by atoms with E-state index in [9.17, 15) is 8.42 Å². The quantitative estimate of drug-likeness (QED) is 0.311. The van der Waals surface area contributed by atoms with Gasteiger partial charge in [0.2, 0.25) is 10.0 Å². The molecule has 0 bridgehead atoms. The molecule has 1 atom stereocenters. The standard InChI is InChI=1S/C16H34N4O2S2.HI/c1-6-17-16(19-10-11-23-15(13-19)14(4)5)18-9-12-24(21,22)20(7-2)8-3;/h14-15H,6-13H2,1-5H3,(H,17,18);1H. The summed E-state index contributed by atoms with van der Waals surface area (Å²) in [6.45, 7) is 14.3. The fraction of sp³-hybridized carbons (Fsp3) is 0.938. The van der Waals surface area contributed by atoms with Gasteiger partial charge in [-0.15, -0.1) is 24.0 Å². The second-order valence-electron chi connectivity index (χ2n) is 6.24. The van der Waals surface area contributed by atoms with Crippen molar-refractivity contribution in [1.82, 2.24) is 14.5 Å². The minimum atomic E-state index is -3.21. The number of halogens is 1. The minimum absolute atomic E-state index is 0. The lowest BCUT2D eigenvalue weighted by molar-refractivity contribution is 0.381. The molecule has 0 radical (unpaired) electrons. The summed E-state index contributed by atoms with van der Waals surface area (Å²) in [6, 6.07) is 0. The zero-order valence-electron chi connectivity index (χ0n) is 16.2. The van der Waals surface area contributed by atoms with Crippen LogP contribution in [0, 0.1) is 5.92 Å². The van der Waals surface area contributed by atoms with Crippen LogP contribution < -0.4 is 5.32 Å². The largest absolute Gasteiger partial charge is 0.357 e. The third-order valence-electron chi connectivity index (χ3n) is 4.18. The third kappa shape index (κ3) is 8.21. The highest BCUT2D eigenvalue weighted by atomic mass is 127. The Hall–Kier alpha value is 0.260. The van der Waals surface area contributed by atoms with Gasteiger partial charge in [-0.3, -0.25) is 4.99 Å². The molecule has 0 saturated carbocycles. The molecule has 1 aliphatic heterocycles. The van der Waals surface area contributed by atoms with Crippen molar-refractivity contribution in [2.75, 3.05) is 50.8 Å². The number of hydrogen-bond donors (Lipinski definition) is 1. The Labute approximate surface area is 175 Å². The average Bonchev–Trinajstić information content (AvgIpc) is 2.55. The van der Waals surface area contributed by atoms with Crippen molar-refractivity contribution in [3.63, 3.8) is 0 Å². The number of hydrogen-bond acceptors (Lipinski definition) is 4. The van der Waals surface area contributed by atoms with Crippen LogP contribution in [0.5, 0.6) is 0 Å². The van der Waals surface area contributed by atoms with Gasteiger partial charge in [-0.1, -0.05) is 27.7 Å². The molecule has 9 heteroatoms. The summed E-state index contributed by atoms with van der Waals surface area (Å²) in [5.41, 5.74) is 0. The van der Waals surface area contributed by atoms with Gasteiger partial charge in [-0.2, -0.15) is 11.8 Å². The summed E-state index contributed by atoms with van der Waals surface area (Å²) in [5.74, 6) is 2.63. The number of nitrogens with one attached hydrogen (secondary N) is 1. The summed E-state index contributed by atoms with van der Waals surface area (Å²) >= 11 is 2.02. The van der Waals surface area contributed by atoms with Gasteiger partial charge < -0.3 is 10.2 Å². The molecule has 1 fully saturated rings. The lowest BCUT2D eigenvalue weighted by Crippen LogP contribution is -2.49. The molecule has 0 aromatic heterocycles. The zero-order chi connectivity index (χ0) is 18.2. The molecule has 150 valence electrons. The van der Waals surface area contributed by atoms with Crippen LogP contribution in [-0.4, -0.2) is 79.6 Å². The highest BCUT2D eigenvalue weighted by Crippen LogP contribution is 2.24. The van der Waals surface area contributed by atoms with Crippen molar-refractivity contribution in [1.29, 1.82) is 0 Å². The Bertz CT molecular complexity index is 496. The topological polar surface area (TPSA) is 65.0 Å². The molecular weight excluding hydrogens is 471 g/mol. The normalized spacial score (nSPS) is 19.2. The number of sulfonamides is 1. The molecule has 25 heavy (non-hydrogen) atoms. The molecule has 0 aliphatic carbocycles. The number of nitrogens with zero attached hydrogens (tertiary/aromatic N) is 3. The van der Waals surface area contributed by atoms with Crippen LogP contribution in [0.2, 0.25) is 0 Å². The van der Waals surface area contributed by atoms with Crippen LogP contribution in [0.25, 0.3) is 0 Å². The van der Waals surface area contributed by atoms with Crippen LogP contribution in [0.15, 0.2) is 4.99 Å². The summed E-state index contributed by atoms with van der Waals surface area (Å²) in [7, 11) is -3.21. The Morgan fingerprint density at radius 2 is 1.96 bits per heavy atom. The molecule has 1 unspecified atom stereocenters. The fourth-order valence-electron chi connectivity index (χ4n) is 2.71. The minimum Gasteiger partial charge on any atom is -0.357 e. The number of aliphatic imine (C=N–C) groups is 1. The van der Waals surface area contributed by atoms with Gasteiger partial charge in [-0.25, -0.2) is 12.7 Å². The van der Waals surface area contributed by atoms with E-state index < -0.39 is 10.0 Å². The van der Waals surface area contributed by atoms with E-state index in [0.717, 1.165) is 31.3 Å². The summed E-state index contributed by atoms with van der Waals surface area (Å²) in [6.07, 6.45) is 0. The first-order chi connectivity index (χ1) is 11.4. The van der Waals surface area contributed by atoms with Crippen molar-refractivity contribution in [2.45, 2.75) is 39.9 Å². The molecule has 1 rings (SSSR count). The van der Waals surface area contributed by atoms with E-state index in [1.165, 1.54) is 4.31 Å². The average molecular weight is 507 g/mol. The van der Waals surface area contributed by atoms with E-state index in [0.29, 0.717) is 30.8 Å².